The average molecular weight is 573 g/mol. The number of phosphoric ester groups is 1. The number of fused-ring (bicyclic) bond motifs is 1. The van der Waals surface area contributed by atoms with Crippen LogP contribution in [-0.2, 0) is 23.1 Å². The fraction of sp³-hybridized carbons (Fsp3) is 0.556. The van der Waals surface area contributed by atoms with Crippen LogP contribution in [0.25, 0.3) is 11.2 Å². The molecule has 3 aromatic rings. The van der Waals surface area contributed by atoms with Crippen molar-refractivity contribution in [1.29, 1.82) is 0 Å². The van der Waals surface area contributed by atoms with Crippen LogP contribution >= 0.6 is 7.82 Å². The summed E-state index contributed by atoms with van der Waals surface area (Å²) in [6, 6.07) is 0. The van der Waals surface area contributed by atoms with E-state index in [-0.39, 0.29) is 22.8 Å². The number of hydrogen-bond donors (Lipinski definition) is 7. The van der Waals surface area contributed by atoms with Crippen molar-refractivity contribution in [3.8, 4) is 0 Å². The molecule has 2 saturated heterocycles. The van der Waals surface area contributed by atoms with Gasteiger partial charge in [0, 0.05) is 0 Å². The van der Waals surface area contributed by atoms with Gasteiger partial charge in [-0.1, -0.05) is 0 Å². The number of nitrogen functional groups attached to an aromatic ring is 1. The fourth-order valence-corrected chi connectivity index (χ4v) is 4.87. The maximum atomic E-state index is 12.4. The highest BCUT2D eigenvalue weighted by atomic mass is 31.2. The monoisotopic (exact) mass is 573 g/mol. The molecule has 0 radical (unpaired) electrons. The van der Waals surface area contributed by atoms with Gasteiger partial charge in [0.25, 0.3) is 5.91 Å². The summed E-state index contributed by atoms with van der Waals surface area (Å²) in [6.07, 6.45) is -7.69. The second kappa shape index (κ2) is 10.4. The number of nitrogens with two attached hydrogens (primary N) is 2. The van der Waals surface area contributed by atoms with Crippen molar-refractivity contribution < 1.29 is 53.2 Å². The number of aliphatic hydroxyl groups is 4. The highest BCUT2D eigenvalue weighted by Crippen LogP contribution is 2.45. The number of ether oxygens (including phenoxy) is 2. The second-order valence-corrected chi connectivity index (χ2v) is 10.1. The van der Waals surface area contributed by atoms with Crippen molar-refractivity contribution in [2.45, 2.75) is 49.1 Å². The second-order valence-electron chi connectivity index (χ2n) is 8.65. The molecule has 0 aromatic carbocycles. The number of phosphoric acid groups is 1. The van der Waals surface area contributed by atoms with Crippen molar-refractivity contribution in [3.63, 3.8) is 0 Å². The number of imidazole rings is 1. The van der Waals surface area contributed by atoms with E-state index in [9.17, 15) is 34.7 Å². The van der Waals surface area contributed by atoms with E-state index in [1.165, 1.54) is 17.2 Å². The molecule has 39 heavy (non-hydrogen) atoms. The minimum absolute atomic E-state index is 0.0944. The molecule has 21 heteroatoms. The largest absolute Gasteiger partial charge is 0.472 e. The van der Waals surface area contributed by atoms with E-state index in [0.29, 0.717) is 0 Å². The quantitative estimate of drug-likeness (QED) is 0.121. The molecule has 212 valence electrons. The van der Waals surface area contributed by atoms with E-state index < -0.39 is 76.0 Å². The van der Waals surface area contributed by atoms with Crippen LogP contribution in [-0.4, -0.2) is 115 Å². The van der Waals surface area contributed by atoms with Gasteiger partial charge in [-0.2, -0.15) is 0 Å². The van der Waals surface area contributed by atoms with Crippen LogP contribution in [0.4, 0.5) is 5.82 Å². The standard InChI is InChI=1S/C18H24N9O11P/c19-13-8-16(22-3-21-13)26(4-23-8)17-11(30)9(28)6(37-17)1-35-39(33,34)36-2-7-10(29)12(31)18(38-7)27-5-24-15(25-27)14(20)32/h3-7,9-12,17-18,28-31H,1-2H2,(H2,20,32)(H,33,34)(H2,19,21,22)/t6-,7-,9-,10-,11-,12-,17-,18-/m1/s1. The molecule has 20 nitrogen and oxygen atoms in total. The van der Waals surface area contributed by atoms with Gasteiger partial charge in [-0.3, -0.25) is 18.4 Å². The lowest BCUT2D eigenvalue weighted by molar-refractivity contribution is -0.0648. The molecule has 0 bridgehead atoms. The number of aliphatic hydroxyl groups excluding tert-OH is 4. The molecule has 2 aliphatic rings. The van der Waals surface area contributed by atoms with Gasteiger partial charge < -0.3 is 46.3 Å². The topological polar surface area (TPSA) is 299 Å². The van der Waals surface area contributed by atoms with Gasteiger partial charge in [0.2, 0.25) is 5.82 Å². The third-order valence-corrected chi connectivity index (χ3v) is 7.08. The van der Waals surface area contributed by atoms with E-state index in [4.69, 9.17) is 30.0 Å². The molecular weight excluding hydrogens is 549 g/mol. The molecule has 0 saturated carbocycles. The molecule has 0 aliphatic carbocycles. The molecule has 2 fully saturated rings. The van der Waals surface area contributed by atoms with E-state index >= 15 is 0 Å². The van der Waals surface area contributed by atoms with Gasteiger partial charge in [-0.05, 0) is 0 Å². The zero-order valence-electron chi connectivity index (χ0n) is 19.7. The Morgan fingerprint density at radius 2 is 1.56 bits per heavy atom. The van der Waals surface area contributed by atoms with Crippen LogP contribution in [0.5, 0.6) is 0 Å². The maximum absolute atomic E-state index is 12.4. The van der Waals surface area contributed by atoms with Gasteiger partial charge in [0.05, 0.1) is 19.5 Å². The van der Waals surface area contributed by atoms with Crippen molar-refractivity contribution in [1.82, 2.24) is 34.3 Å². The molecular formula is C18H24N9O11P. The van der Waals surface area contributed by atoms with Gasteiger partial charge in [-0.15, -0.1) is 5.10 Å². The van der Waals surface area contributed by atoms with Crippen molar-refractivity contribution in [3.05, 3.63) is 24.8 Å². The van der Waals surface area contributed by atoms with Gasteiger partial charge in [0.15, 0.2) is 23.9 Å². The Kier molecular flexibility index (Phi) is 7.33. The van der Waals surface area contributed by atoms with Crippen molar-refractivity contribution in [2.24, 2.45) is 5.73 Å². The Hall–Kier alpha value is -3.17. The fourth-order valence-electron chi connectivity index (χ4n) is 4.12. The third-order valence-electron chi connectivity index (χ3n) is 6.13. The van der Waals surface area contributed by atoms with E-state index in [1.807, 2.05) is 0 Å². The minimum Gasteiger partial charge on any atom is -0.387 e. The van der Waals surface area contributed by atoms with Gasteiger partial charge >= 0.3 is 7.82 Å². The highest BCUT2D eigenvalue weighted by Gasteiger charge is 2.47. The molecule has 0 spiro atoms. The van der Waals surface area contributed by atoms with Crippen LogP contribution in [0.1, 0.15) is 23.1 Å². The molecule has 9 atom stereocenters. The SMILES string of the molecule is NC(=O)c1ncn([C@@H]2O[C@H](COP(=O)(O)OC[C@H]3O[C@@H](n4cnc5c(N)ncnc54)[C@H](O)[C@@H]3O)[C@@H](O)[C@H]2O)n1. The first-order chi connectivity index (χ1) is 18.5. The minimum atomic E-state index is -4.81. The molecule has 9 N–H and O–H groups in total. The number of carbonyl (C=O) groups is 1. The van der Waals surface area contributed by atoms with Crippen LogP contribution in [0.15, 0.2) is 19.0 Å². The normalized spacial score (nSPS) is 32.5. The van der Waals surface area contributed by atoms with Gasteiger partial charge in [0.1, 0.15) is 54.8 Å². The average Bonchev–Trinajstić information content (AvgIpc) is 3.66. The lowest BCUT2D eigenvalue weighted by Gasteiger charge is -2.19. The van der Waals surface area contributed by atoms with E-state index in [0.717, 1.165) is 11.0 Å². The molecule has 5 heterocycles. The predicted molar refractivity (Wildman–Crippen MR) is 122 cm³/mol. The zero-order valence-corrected chi connectivity index (χ0v) is 20.6. The van der Waals surface area contributed by atoms with E-state index in [1.54, 1.807) is 0 Å². The third kappa shape index (κ3) is 5.22. The number of carbonyl (C=O) groups excluding carboxylic acids is 1. The Labute approximate surface area is 217 Å². The molecule has 3 aromatic heterocycles. The van der Waals surface area contributed by atoms with Gasteiger partial charge in [-0.25, -0.2) is 29.2 Å². The number of rotatable bonds is 9. The summed E-state index contributed by atoms with van der Waals surface area (Å²) in [7, 11) is -4.81. The van der Waals surface area contributed by atoms with Crippen LogP contribution in [0.2, 0.25) is 0 Å². The Balaban J connectivity index is 1.17. The number of hydrogen-bond acceptors (Lipinski definition) is 16. The lowest BCUT2D eigenvalue weighted by atomic mass is 10.1. The number of anilines is 1. The number of aromatic nitrogens is 7. The zero-order chi connectivity index (χ0) is 28.1. The summed E-state index contributed by atoms with van der Waals surface area (Å²) in [4.78, 5) is 36.8. The highest BCUT2D eigenvalue weighted by molar-refractivity contribution is 7.47. The Morgan fingerprint density at radius 1 is 0.949 bits per heavy atom. The summed E-state index contributed by atoms with van der Waals surface area (Å²) in [5.74, 6) is -1.18. The van der Waals surface area contributed by atoms with Crippen molar-refractivity contribution >= 4 is 30.7 Å². The lowest BCUT2D eigenvalue weighted by Crippen LogP contribution is -2.34. The Morgan fingerprint density at radius 3 is 2.18 bits per heavy atom. The number of primary amides is 1. The van der Waals surface area contributed by atoms with Crippen molar-refractivity contribution in [2.75, 3.05) is 18.9 Å². The first-order valence-electron chi connectivity index (χ1n) is 11.3. The predicted octanol–water partition coefficient (Wildman–Crippen LogP) is -3.83. The van der Waals surface area contributed by atoms with Crippen LogP contribution in [0, 0.1) is 0 Å². The molecule has 2 aliphatic heterocycles. The summed E-state index contributed by atoms with van der Waals surface area (Å²) in [5, 5.41) is 45.1. The maximum Gasteiger partial charge on any atom is 0.472 e. The van der Waals surface area contributed by atoms with Crippen LogP contribution in [0.3, 0.4) is 0 Å². The smallest absolute Gasteiger partial charge is 0.387 e. The molecule has 1 unspecified atom stereocenters. The summed E-state index contributed by atoms with van der Waals surface area (Å²) in [6.45, 7) is -1.39. The molecule has 5 rings (SSSR count). The molecule has 1 amide bonds. The first-order valence-corrected chi connectivity index (χ1v) is 12.8. The number of nitrogens with zero attached hydrogens (tertiary/aromatic N) is 7. The summed E-state index contributed by atoms with van der Waals surface area (Å²) < 4.78 is 35.6. The summed E-state index contributed by atoms with van der Waals surface area (Å²) >= 11 is 0. The number of amides is 1. The summed E-state index contributed by atoms with van der Waals surface area (Å²) in [5.41, 5.74) is 11.3. The Bertz CT molecular complexity index is 1400. The first kappa shape index (κ1) is 27.4. The van der Waals surface area contributed by atoms with Crippen LogP contribution < -0.4 is 11.5 Å². The van der Waals surface area contributed by atoms with E-state index in [2.05, 4.69) is 25.0 Å².